The summed E-state index contributed by atoms with van der Waals surface area (Å²) in [5.41, 5.74) is 0.473. The number of hydrogen-bond acceptors (Lipinski definition) is 3. The molecule has 138 valence electrons. The number of halogens is 3. The fourth-order valence-corrected chi connectivity index (χ4v) is 3.05. The van der Waals surface area contributed by atoms with Crippen LogP contribution in [0.2, 0.25) is 0 Å². The van der Waals surface area contributed by atoms with Crippen molar-refractivity contribution < 1.29 is 13.2 Å². The van der Waals surface area contributed by atoms with Crippen LogP contribution in [0, 0.1) is 0 Å². The molecule has 0 spiro atoms. The Morgan fingerprint density at radius 1 is 1.08 bits per heavy atom. The van der Waals surface area contributed by atoms with E-state index >= 15 is 0 Å². The summed E-state index contributed by atoms with van der Waals surface area (Å²) in [6.45, 7) is 2.38. The molecule has 2 aromatic rings. The lowest BCUT2D eigenvalue weighted by molar-refractivity contribution is -0.137. The van der Waals surface area contributed by atoms with Gasteiger partial charge in [0.15, 0.2) is 0 Å². The first-order valence-electron chi connectivity index (χ1n) is 8.75. The van der Waals surface area contributed by atoms with Gasteiger partial charge in [0.2, 0.25) is 0 Å². The number of benzene rings is 1. The van der Waals surface area contributed by atoms with Gasteiger partial charge in [0, 0.05) is 31.9 Å². The molecule has 6 heteroatoms. The number of aromatic nitrogens is 1. The Morgan fingerprint density at radius 2 is 1.81 bits per heavy atom. The van der Waals surface area contributed by atoms with Gasteiger partial charge in [0.25, 0.3) is 0 Å². The Morgan fingerprint density at radius 3 is 2.42 bits per heavy atom. The molecule has 0 atom stereocenters. The Hall–Kier alpha value is -2.34. The van der Waals surface area contributed by atoms with Gasteiger partial charge < -0.3 is 10.2 Å². The van der Waals surface area contributed by atoms with E-state index in [9.17, 15) is 13.2 Å². The molecule has 1 N–H and O–H groups in total. The molecule has 1 aromatic heterocycles. The Bertz CT molecular complexity index is 703. The van der Waals surface area contributed by atoms with Crippen molar-refractivity contribution in [3.05, 3.63) is 65.9 Å². The molecule has 0 amide bonds. The second-order valence-corrected chi connectivity index (χ2v) is 6.39. The maximum Gasteiger partial charge on any atom is 0.417 e. The van der Waals surface area contributed by atoms with Crippen LogP contribution in [-0.2, 0) is 6.18 Å². The number of nitrogens with zero attached hydrogens (tertiary/aromatic N) is 2. The van der Waals surface area contributed by atoms with Crippen LogP contribution in [-0.4, -0.2) is 30.7 Å². The van der Waals surface area contributed by atoms with Crippen LogP contribution in [0.15, 0.2) is 54.7 Å². The van der Waals surface area contributed by atoms with E-state index in [1.165, 1.54) is 11.6 Å². The number of pyridine rings is 1. The molecule has 0 saturated carbocycles. The van der Waals surface area contributed by atoms with Crippen LogP contribution < -0.4 is 10.2 Å². The van der Waals surface area contributed by atoms with Crippen molar-refractivity contribution in [3.63, 3.8) is 0 Å². The predicted octanol–water partition coefficient (Wildman–Crippen LogP) is 4.37. The molecule has 1 saturated heterocycles. The molecule has 0 radical (unpaired) electrons. The average molecular weight is 361 g/mol. The SMILES string of the molecule is FC(F)(F)c1ccc(N2CCC(NC/C=C/c3ccccc3)CC2)nc1. The van der Waals surface area contributed by atoms with Gasteiger partial charge in [-0.1, -0.05) is 42.5 Å². The van der Waals surface area contributed by atoms with Gasteiger partial charge in [-0.05, 0) is 30.5 Å². The molecule has 1 aromatic carbocycles. The third kappa shape index (κ3) is 5.08. The van der Waals surface area contributed by atoms with E-state index in [1.54, 1.807) is 0 Å². The zero-order chi connectivity index (χ0) is 18.4. The highest BCUT2D eigenvalue weighted by Crippen LogP contribution is 2.29. The summed E-state index contributed by atoms with van der Waals surface area (Å²) >= 11 is 0. The average Bonchev–Trinajstić information content (AvgIpc) is 2.66. The molecule has 1 aliphatic heterocycles. The second-order valence-electron chi connectivity index (χ2n) is 6.39. The van der Waals surface area contributed by atoms with Crippen molar-refractivity contribution >= 4 is 11.9 Å². The summed E-state index contributed by atoms with van der Waals surface area (Å²) in [6, 6.07) is 13.1. The summed E-state index contributed by atoms with van der Waals surface area (Å²) < 4.78 is 37.8. The van der Waals surface area contributed by atoms with Crippen LogP contribution in [0.3, 0.4) is 0 Å². The summed E-state index contributed by atoms with van der Waals surface area (Å²) in [4.78, 5) is 6.02. The van der Waals surface area contributed by atoms with Gasteiger partial charge in [-0.25, -0.2) is 4.98 Å². The highest BCUT2D eigenvalue weighted by Gasteiger charge is 2.31. The van der Waals surface area contributed by atoms with Crippen molar-refractivity contribution in [1.29, 1.82) is 0 Å². The standard InChI is InChI=1S/C20H22F3N3/c21-20(22,23)17-8-9-19(25-15-17)26-13-10-18(11-14-26)24-12-4-7-16-5-2-1-3-6-16/h1-9,15,18,24H,10-14H2/b7-4+. The molecular formula is C20H22F3N3. The van der Waals surface area contributed by atoms with E-state index in [-0.39, 0.29) is 0 Å². The minimum absolute atomic E-state index is 0.418. The molecule has 3 rings (SSSR count). The van der Waals surface area contributed by atoms with E-state index in [0.717, 1.165) is 44.7 Å². The Kier molecular flexibility index (Phi) is 5.93. The van der Waals surface area contributed by atoms with Crippen molar-refractivity contribution in [1.82, 2.24) is 10.3 Å². The Labute approximate surface area is 151 Å². The topological polar surface area (TPSA) is 28.2 Å². The maximum absolute atomic E-state index is 12.6. The number of rotatable bonds is 5. The van der Waals surface area contributed by atoms with Gasteiger partial charge in [0.05, 0.1) is 5.56 Å². The number of alkyl halides is 3. The quantitative estimate of drug-likeness (QED) is 0.857. The number of nitrogens with one attached hydrogen (secondary N) is 1. The summed E-state index contributed by atoms with van der Waals surface area (Å²) in [6.07, 6.45) is 2.67. The van der Waals surface area contributed by atoms with Gasteiger partial charge in [0.1, 0.15) is 5.82 Å². The molecule has 0 bridgehead atoms. The summed E-state index contributed by atoms with van der Waals surface area (Å²) in [5.74, 6) is 0.612. The zero-order valence-corrected chi connectivity index (χ0v) is 14.4. The summed E-state index contributed by atoms with van der Waals surface area (Å²) in [5, 5.41) is 3.51. The van der Waals surface area contributed by atoms with E-state index in [0.29, 0.717) is 11.9 Å². The van der Waals surface area contributed by atoms with Crippen LogP contribution in [0.4, 0.5) is 19.0 Å². The van der Waals surface area contributed by atoms with E-state index in [1.807, 2.05) is 23.1 Å². The van der Waals surface area contributed by atoms with Crippen LogP contribution in [0.1, 0.15) is 24.0 Å². The van der Waals surface area contributed by atoms with Crippen LogP contribution in [0.5, 0.6) is 0 Å². The normalized spacial score (nSPS) is 16.3. The molecular weight excluding hydrogens is 339 g/mol. The number of hydrogen-bond donors (Lipinski definition) is 1. The lowest BCUT2D eigenvalue weighted by Crippen LogP contribution is -2.42. The van der Waals surface area contributed by atoms with Gasteiger partial charge >= 0.3 is 6.18 Å². The van der Waals surface area contributed by atoms with Gasteiger partial charge in [-0.15, -0.1) is 0 Å². The first-order chi connectivity index (χ1) is 12.5. The summed E-state index contributed by atoms with van der Waals surface area (Å²) in [7, 11) is 0. The minimum Gasteiger partial charge on any atom is -0.357 e. The molecule has 26 heavy (non-hydrogen) atoms. The molecule has 0 unspecified atom stereocenters. The highest BCUT2D eigenvalue weighted by molar-refractivity contribution is 5.48. The Balaban J connectivity index is 1.43. The third-order valence-corrected chi connectivity index (χ3v) is 4.53. The van der Waals surface area contributed by atoms with Gasteiger partial charge in [-0.2, -0.15) is 13.2 Å². The van der Waals surface area contributed by atoms with Crippen molar-refractivity contribution in [2.24, 2.45) is 0 Å². The highest BCUT2D eigenvalue weighted by atomic mass is 19.4. The van der Waals surface area contributed by atoms with E-state index < -0.39 is 11.7 Å². The first-order valence-corrected chi connectivity index (χ1v) is 8.75. The van der Waals surface area contributed by atoms with Crippen LogP contribution >= 0.6 is 0 Å². The van der Waals surface area contributed by atoms with Crippen molar-refractivity contribution in [2.45, 2.75) is 25.1 Å². The molecule has 1 aliphatic rings. The fourth-order valence-electron chi connectivity index (χ4n) is 3.05. The predicted molar refractivity (Wildman–Crippen MR) is 98.0 cm³/mol. The molecule has 3 nitrogen and oxygen atoms in total. The second kappa shape index (κ2) is 8.36. The molecule has 2 heterocycles. The van der Waals surface area contributed by atoms with E-state index in [4.69, 9.17) is 0 Å². The fraction of sp³-hybridized carbons (Fsp3) is 0.350. The third-order valence-electron chi connectivity index (χ3n) is 4.53. The lowest BCUT2D eigenvalue weighted by Gasteiger charge is -2.33. The molecule has 1 fully saturated rings. The lowest BCUT2D eigenvalue weighted by atomic mass is 10.0. The minimum atomic E-state index is -4.34. The molecule has 0 aliphatic carbocycles. The van der Waals surface area contributed by atoms with Crippen molar-refractivity contribution in [3.8, 4) is 0 Å². The number of anilines is 1. The van der Waals surface area contributed by atoms with E-state index in [2.05, 4.69) is 34.6 Å². The monoisotopic (exact) mass is 361 g/mol. The largest absolute Gasteiger partial charge is 0.417 e. The zero-order valence-electron chi connectivity index (χ0n) is 14.4. The smallest absolute Gasteiger partial charge is 0.357 e. The van der Waals surface area contributed by atoms with Gasteiger partial charge in [-0.3, -0.25) is 0 Å². The van der Waals surface area contributed by atoms with Crippen molar-refractivity contribution in [2.75, 3.05) is 24.5 Å². The first kappa shape index (κ1) is 18.5. The van der Waals surface area contributed by atoms with Crippen LogP contribution in [0.25, 0.3) is 6.08 Å². The number of piperidine rings is 1. The maximum atomic E-state index is 12.6.